The minimum atomic E-state index is -4.19. The van der Waals surface area contributed by atoms with Crippen LogP contribution in [-0.2, 0) is 6.54 Å². The van der Waals surface area contributed by atoms with E-state index in [4.69, 9.17) is 0 Å². The smallest absolute Gasteiger partial charge is 0.340 e. The van der Waals surface area contributed by atoms with Crippen molar-refractivity contribution in [1.82, 2.24) is 15.3 Å². The maximum absolute atomic E-state index is 12.5. The molecule has 0 saturated carbocycles. The summed E-state index contributed by atoms with van der Waals surface area (Å²) < 4.78 is 53.2. The van der Waals surface area contributed by atoms with Gasteiger partial charge in [0.25, 0.3) is 0 Å². The van der Waals surface area contributed by atoms with E-state index in [1.54, 1.807) is 0 Å². The van der Waals surface area contributed by atoms with Gasteiger partial charge in [-0.25, -0.2) is 13.8 Å². The highest BCUT2D eigenvalue weighted by Crippen LogP contribution is 2.23. The molecule has 18 heavy (non-hydrogen) atoms. The van der Waals surface area contributed by atoms with Gasteiger partial charge in [-0.05, 0) is 6.54 Å². The molecule has 0 aliphatic rings. The molecule has 0 aliphatic carbocycles. The number of alkyl halides is 4. The van der Waals surface area contributed by atoms with Crippen LogP contribution in [0.3, 0.4) is 0 Å². The van der Waals surface area contributed by atoms with Crippen molar-refractivity contribution in [3.63, 3.8) is 0 Å². The van der Waals surface area contributed by atoms with Crippen LogP contribution in [0.15, 0.2) is 12.4 Å². The van der Waals surface area contributed by atoms with Crippen LogP contribution in [-0.4, -0.2) is 35.5 Å². The first-order valence-corrected chi connectivity index (χ1v) is 5.26. The molecular formula is C10H13F4N3O. The molecule has 0 aliphatic heterocycles. The summed E-state index contributed by atoms with van der Waals surface area (Å²) in [7, 11) is 0. The number of rotatable bonds is 7. The Bertz CT molecular complexity index is 359. The molecule has 0 atom stereocenters. The van der Waals surface area contributed by atoms with E-state index < -0.39 is 19.0 Å². The van der Waals surface area contributed by atoms with Gasteiger partial charge in [0, 0.05) is 6.54 Å². The second kappa shape index (κ2) is 6.48. The van der Waals surface area contributed by atoms with Crippen LogP contribution in [0, 0.1) is 0 Å². The van der Waals surface area contributed by atoms with Gasteiger partial charge in [0.15, 0.2) is 6.61 Å². The second-order valence-corrected chi connectivity index (χ2v) is 3.48. The summed E-state index contributed by atoms with van der Waals surface area (Å²) in [4.78, 5) is 7.57. The average molecular weight is 267 g/mol. The van der Waals surface area contributed by atoms with E-state index in [-0.39, 0.29) is 5.88 Å². The monoisotopic (exact) mass is 267 g/mol. The van der Waals surface area contributed by atoms with Crippen LogP contribution >= 0.6 is 0 Å². The number of nitrogens with one attached hydrogen (secondary N) is 1. The van der Waals surface area contributed by atoms with Crippen molar-refractivity contribution in [3.05, 3.63) is 18.1 Å². The third-order valence-electron chi connectivity index (χ3n) is 1.97. The molecule has 4 nitrogen and oxygen atoms in total. The van der Waals surface area contributed by atoms with Crippen molar-refractivity contribution in [2.24, 2.45) is 0 Å². The molecule has 1 N–H and O–H groups in total. The van der Waals surface area contributed by atoms with Gasteiger partial charge < -0.3 is 10.1 Å². The molecule has 0 amide bonds. The molecule has 0 spiro atoms. The van der Waals surface area contributed by atoms with Crippen LogP contribution in [0.4, 0.5) is 17.6 Å². The Morgan fingerprint density at radius 1 is 1.33 bits per heavy atom. The molecule has 0 unspecified atom stereocenters. The van der Waals surface area contributed by atoms with Gasteiger partial charge in [-0.3, -0.25) is 4.98 Å². The fourth-order valence-electron chi connectivity index (χ4n) is 0.995. The summed E-state index contributed by atoms with van der Waals surface area (Å²) >= 11 is 0. The van der Waals surface area contributed by atoms with E-state index in [0.717, 1.165) is 12.7 Å². The van der Waals surface area contributed by atoms with Gasteiger partial charge in [0.1, 0.15) is 0 Å². The maximum Gasteiger partial charge on any atom is 0.340 e. The summed E-state index contributed by atoms with van der Waals surface area (Å²) in [6.45, 7) is 1.72. The zero-order valence-corrected chi connectivity index (χ0v) is 9.67. The van der Waals surface area contributed by atoms with Crippen molar-refractivity contribution in [2.45, 2.75) is 25.8 Å². The number of aromatic nitrogens is 2. The summed E-state index contributed by atoms with van der Waals surface area (Å²) in [6, 6.07) is 0. The topological polar surface area (TPSA) is 47.0 Å². The first kappa shape index (κ1) is 14.6. The first-order valence-electron chi connectivity index (χ1n) is 5.26. The molecule has 8 heteroatoms. The summed E-state index contributed by atoms with van der Waals surface area (Å²) in [5.41, 5.74) is 0.602. The fourth-order valence-corrected chi connectivity index (χ4v) is 0.995. The summed E-state index contributed by atoms with van der Waals surface area (Å²) in [5, 5.41) is 2.99. The van der Waals surface area contributed by atoms with Crippen molar-refractivity contribution >= 4 is 0 Å². The number of hydrogen-bond acceptors (Lipinski definition) is 4. The van der Waals surface area contributed by atoms with Crippen molar-refractivity contribution < 1.29 is 22.3 Å². The third-order valence-corrected chi connectivity index (χ3v) is 1.97. The minimum Gasteiger partial charge on any atom is -0.470 e. The lowest BCUT2D eigenvalue weighted by atomic mass is 10.4. The number of hydrogen-bond donors (Lipinski definition) is 1. The largest absolute Gasteiger partial charge is 0.470 e. The van der Waals surface area contributed by atoms with E-state index in [2.05, 4.69) is 20.0 Å². The Hall–Kier alpha value is -1.44. The Kier molecular flexibility index (Phi) is 5.26. The van der Waals surface area contributed by atoms with Crippen LogP contribution in [0.2, 0.25) is 0 Å². The highest BCUT2D eigenvalue weighted by molar-refractivity contribution is 5.07. The lowest BCUT2D eigenvalue weighted by Crippen LogP contribution is -2.33. The third kappa shape index (κ3) is 4.44. The van der Waals surface area contributed by atoms with Gasteiger partial charge in [-0.1, -0.05) is 6.92 Å². The second-order valence-electron chi connectivity index (χ2n) is 3.48. The zero-order valence-electron chi connectivity index (χ0n) is 9.67. The average Bonchev–Trinajstić information content (AvgIpc) is 2.35. The molecule has 1 aromatic heterocycles. The number of halogens is 4. The predicted molar refractivity (Wildman–Crippen MR) is 55.9 cm³/mol. The van der Waals surface area contributed by atoms with E-state index in [9.17, 15) is 17.6 Å². The molecule has 1 heterocycles. The van der Waals surface area contributed by atoms with E-state index in [0.29, 0.717) is 12.2 Å². The summed E-state index contributed by atoms with van der Waals surface area (Å²) in [6.07, 6.45) is -1.31. The van der Waals surface area contributed by atoms with Crippen molar-refractivity contribution in [3.8, 4) is 5.88 Å². The van der Waals surface area contributed by atoms with Crippen molar-refractivity contribution in [2.75, 3.05) is 13.2 Å². The van der Waals surface area contributed by atoms with Crippen LogP contribution < -0.4 is 10.1 Å². The zero-order chi connectivity index (χ0) is 13.6. The van der Waals surface area contributed by atoms with Gasteiger partial charge in [-0.2, -0.15) is 8.78 Å². The molecule has 0 fully saturated rings. The predicted octanol–water partition coefficient (Wildman–Crippen LogP) is 1.87. The number of nitrogens with zero attached hydrogens (tertiary/aromatic N) is 2. The van der Waals surface area contributed by atoms with Crippen LogP contribution in [0.1, 0.15) is 12.6 Å². The normalized spacial score (nSPS) is 11.9. The van der Waals surface area contributed by atoms with E-state index >= 15 is 0 Å². The Morgan fingerprint density at radius 3 is 2.56 bits per heavy atom. The van der Waals surface area contributed by atoms with Crippen molar-refractivity contribution in [1.29, 1.82) is 0 Å². The van der Waals surface area contributed by atoms with Gasteiger partial charge in [0.05, 0.1) is 18.1 Å². The molecule has 1 rings (SSSR count). The Labute approximate surface area is 101 Å². The van der Waals surface area contributed by atoms with Gasteiger partial charge >= 0.3 is 12.3 Å². The lowest BCUT2D eigenvalue weighted by Gasteiger charge is -2.15. The molecule has 0 saturated heterocycles. The minimum absolute atomic E-state index is 0.212. The molecule has 102 valence electrons. The van der Waals surface area contributed by atoms with E-state index in [1.165, 1.54) is 6.20 Å². The number of ether oxygens (including phenoxy) is 1. The quantitative estimate of drug-likeness (QED) is 0.766. The molecule has 0 bridgehead atoms. The van der Waals surface area contributed by atoms with Gasteiger partial charge in [-0.15, -0.1) is 0 Å². The summed E-state index contributed by atoms with van der Waals surface area (Å²) in [5.74, 6) is -4.40. The Balaban J connectivity index is 2.49. The highest BCUT2D eigenvalue weighted by atomic mass is 19.3. The maximum atomic E-state index is 12.5. The Morgan fingerprint density at radius 2 is 2.06 bits per heavy atom. The van der Waals surface area contributed by atoms with Crippen LogP contribution in [0.5, 0.6) is 5.88 Å². The van der Waals surface area contributed by atoms with Crippen LogP contribution in [0.25, 0.3) is 0 Å². The molecule has 0 radical (unpaired) electrons. The lowest BCUT2D eigenvalue weighted by molar-refractivity contribution is -0.148. The molecular weight excluding hydrogens is 254 g/mol. The molecule has 1 aromatic rings. The fraction of sp³-hybridized carbons (Fsp3) is 0.600. The standard InChI is InChI=1S/C10H13F4N3O/c1-2-15-3-7-4-17-8(5-16-7)18-6-10(13,14)9(11)12/h4-5,9,15H,2-3,6H2,1H3. The first-order chi connectivity index (χ1) is 8.45. The highest BCUT2D eigenvalue weighted by Gasteiger charge is 2.41. The SMILES string of the molecule is CCNCc1cnc(OCC(F)(F)C(F)F)cn1. The van der Waals surface area contributed by atoms with E-state index in [1.807, 2.05) is 6.92 Å². The van der Waals surface area contributed by atoms with Gasteiger partial charge in [0.2, 0.25) is 5.88 Å². The molecule has 0 aromatic carbocycles.